The van der Waals surface area contributed by atoms with Crippen molar-refractivity contribution < 1.29 is 4.79 Å². The van der Waals surface area contributed by atoms with Crippen molar-refractivity contribution in [3.05, 3.63) is 18.0 Å². The summed E-state index contributed by atoms with van der Waals surface area (Å²) in [5.41, 5.74) is 0.595. The van der Waals surface area contributed by atoms with Crippen LogP contribution < -0.4 is 0 Å². The van der Waals surface area contributed by atoms with Crippen molar-refractivity contribution in [1.82, 2.24) is 9.78 Å². The first-order chi connectivity index (χ1) is 6.27. The van der Waals surface area contributed by atoms with Gasteiger partial charge < -0.3 is 0 Å². The van der Waals surface area contributed by atoms with Crippen LogP contribution in [0.2, 0.25) is 0 Å². The Labute approximate surface area is 76.8 Å². The van der Waals surface area contributed by atoms with Crippen LogP contribution in [-0.2, 0) is 6.54 Å². The average Bonchev–Trinajstić information content (AvgIpc) is 2.62. The highest BCUT2D eigenvalue weighted by Crippen LogP contribution is 2.03. The van der Waals surface area contributed by atoms with Crippen molar-refractivity contribution >= 4 is 5.78 Å². The lowest BCUT2D eigenvalue weighted by Crippen LogP contribution is -1.97. The first-order valence-corrected chi connectivity index (χ1v) is 4.20. The lowest BCUT2D eigenvalue weighted by molar-refractivity contribution is 0.0984. The normalized spacial score (nSPS) is 9.54. The number of nitrogens with zero attached hydrogens (tertiary/aromatic N) is 3. The molecule has 1 aromatic rings. The quantitative estimate of drug-likeness (QED) is 0.653. The van der Waals surface area contributed by atoms with Crippen LogP contribution in [0.25, 0.3) is 0 Å². The van der Waals surface area contributed by atoms with E-state index in [1.54, 1.807) is 17.1 Å². The van der Waals surface area contributed by atoms with E-state index >= 15 is 0 Å². The zero-order valence-corrected chi connectivity index (χ0v) is 7.53. The molecule has 4 heteroatoms. The molecular formula is C9H11N3O. The van der Waals surface area contributed by atoms with Crippen LogP contribution in [0.1, 0.15) is 30.1 Å². The molecule has 0 saturated carbocycles. The van der Waals surface area contributed by atoms with Crippen LogP contribution in [0.5, 0.6) is 0 Å². The lowest BCUT2D eigenvalue weighted by atomic mass is 10.1. The van der Waals surface area contributed by atoms with Crippen LogP contribution >= 0.6 is 0 Å². The fraction of sp³-hybridized carbons (Fsp3) is 0.444. The summed E-state index contributed by atoms with van der Waals surface area (Å²) in [6, 6.07) is 1.94. The van der Waals surface area contributed by atoms with Gasteiger partial charge in [0.25, 0.3) is 0 Å². The second-order valence-corrected chi connectivity index (χ2v) is 2.67. The first-order valence-electron chi connectivity index (χ1n) is 4.20. The molecule has 0 radical (unpaired) electrons. The van der Waals surface area contributed by atoms with Gasteiger partial charge in [-0.05, 0) is 6.92 Å². The largest absolute Gasteiger partial charge is 0.294 e. The summed E-state index contributed by atoms with van der Waals surface area (Å²) < 4.78 is 1.69. The number of aryl methyl sites for hydroxylation is 1. The summed E-state index contributed by atoms with van der Waals surface area (Å²) in [5.74, 6) is -0.0127. The molecule has 13 heavy (non-hydrogen) atoms. The molecule has 0 fully saturated rings. The number of ketones is 1. The number of hydrogen-bond acceptors (Lipinski definition) is 3. The number of rotatable bonds is 4. The molecule has 68 valence electrons. The molecule has 0 saturated heterocycles. The van der Waals surface area contributed by atoms with Crippen LogP contribution in [-0.4, -0.2) is 15.6 Å². The van der Waals surface area contributed by atoms with E-state index in [1.807, 2.05) is 13.0 Å². The predicted octanol–water partition coefficient (Wildman–Crippen LogP) is 1.39. The third kappa shape index (κ3) is 2.41. The molecule has 0 bridgehead atoms. The van der Waals surface area contributed by atoms with Crippen molar-refractivity contribution in [2.24, 2.45) is 0 Å². The SMILES string of the molecule is CCn1cc(C(=O)CCC#N)cn1. The fourth-order valence-corrected chi connectivity index (χ4v) is 0.994. The average molecular weight is 177 g/mol. The summed E-state index contributed by atoms with van der Waals surface area (Å²) in [6.07, 6.45) is 3.81. The van der Waals surface area contributed by atoms with Gasteiger partial charge >= 0.3 is 0 Å². The van der Waals surface area contributed by atoms with Gasteiger partial charge in [-0.1, -0.05) is 0 Å². The highest BCUT2D eigenvalue weighted by atomic mass is 16.1. The lowest BCUT2D eigenvalue weighted by Gasteiger charge is -1.92. The maximum absolute atomic E-state index is 11.3. The van der Waals surface area contributed by atoms with E-state index in [1.165, 1.54) is 0 Å². The molecule has 1 rings (SSSR count). The van der Waals surface area contributed by atoms with Crippen molar-refractivity contribution in [3.8, 4) is 6.07 Å². The number of aromatic nitrogens is 2. The van der Waals surface area contributed by atoms with Crippen molar-refractivity contribution in [2.75, 3.05) is 0 Å². The minimum atomic E-state index is -0.0127. The van der Waals surface area contributed by atoms with Gasteiger partial charge in [0, 0.05) is 25.6 Å². The van der Waals surface area contributed by atoms with Gasteiger partial charge in [0.2, 0.25) is 0 Å². The van der Waals surface area contributed by atoms with E-state index in [9.17, 15) is 4.79 Å². The van der Waals surface area contributed by atoms with Crippen LogP contribution in [0.3, 0.4) is 0 Å². The zero-order valence-electron chi connectivity index (χ0n) is 7.53. The predicted molar refractivity (Wildman–Crippen MR) is 47.1 cm³/mol. The summed E-state index contributed by atoms with van der Waals surface area (Å²) in [4.78, 5) is 11.3. The van der Waals surface area contributed by atoms with Gasteiger partial charge in [-0.25, -0.2) is 0 Å². The van der Waals surface area contributed by atoms with Crippen molar-refractivity contribution in [2.45, 2.75) is 26.3 Å². The summed E-state index contributed by atoms with van der Waals surface area (Å²) in [6.45, 7) is 2.71. The molecule has 0 aromatic carbocycles. The highest BCUT2D eigenvalue weighted by Gasteiger charge is 2.07. The van der Waals surface area contributed by atoms with Gasteiger partial charge in [0.15, 0.2) is 5.78 Å². The Morgan fingerprint density at radius 2 is 2.54 bits per heavy atom. The highest BCUT2D eigenvalue weighted by molar-refractivity contribution is 5.95. The second-order valence-electron chi connectivity index (χ2n) is 2.67. The second kappa shape index (κ2) is 4.41. The topological polar surface area (TPSA) is 58.7 Å². The Hall–Kier alpha value is -1.63. The Kier molecular flexibility index (Phi) is 3.21. The molecule has 0 amide bonds. The third-order valence-corrected chi connectivity index (χ3v) is 1.74. The molecular weight excluding hydrogens is 166 g/mol. The Morgan fingerprint density at radius 1 is 1.77 bits per heavy atom. The number of Topliss-reactive ketones (excluding diaryl/α,β-unsaturated/α-hetero) is 1. The van der Waals surface area contributed by atoms with E-state index < -0.39 is 0 Å². The summed E-state index contributed by atoms with van der Waals surface area (Å²) in [5, 5.41) is 12.3. The summed E-state index contributed by atoms with van der Waals surface area (Å²) >= 11 is 0. The minimum Gasteiger partial charge on any atom is -0.294 e. The van der Waals surface area contributed by atoms with Gasteiger partial charge in [-0.15, -0.1) is 0 Å². The molecule has 0 N–H and O–H groups in total. The van der Waals surface area contributed by atoms with Gasteiger partial charge in [-0.2, -0.15) is 10.4 Å². The molecule has 1 aromatic heterocycles. The van der Waals surface area contributed by atoms with E-state index in [0.29, 0.717) is 5.56 Å². The van der Waals surface area contributed by atoms with E-state index in [0.717, 1.165) is 6.54 Å². The summed E-state index contributed by atoms with van der Waals surface area (Å²) in [7, 11) is 0. The maximum atomic E-state index is 11.3. The first kappa shape index (κ1) is 9.46. The van der Waals surface area contributed by atoms with Crippen LogP contribution in [0.15, 0.2) is 12.4 Å². The van der Waals surface area contributed by atoms with Gasteiger partial charge in [-0.3, -0.25) is 9.48 Å². The Balaban J connectivity index is 2.62. The minimum absolute atomic E-state index is 0.0127. The van der Waals surface area contributed by atoms with Gasteiger partial charge in [0.1, 0.15) is 0 Å². The number of carbonyl (C=O) groups is 1. The Morgan fingerprint density at radius 3 is 3.08 bits per heavy atom. The van der Waals surface area contributed by atoms with Crippen molar-refractivity contribution in [1.29, 1.82) is 5.26 Å². The van der Waals surface area contributed by atoms with Crippen molar-refractivity contribution in [3.63, 3.8) is 0 Å². The zero-order chi connectivity index (χ0) is 9.68. The number of nitriles is 1. The van der Waals surface area contributed by atoms with Gasteiger partial charge in [0.05, 0.1) is 17.8 Å². The Bertz CT molecular complexity index is 335. The standard InChI is InChI=1S/C9H11N3O/c1-2-12-7-8(6-11-12)9(13)4-3-5-10/h6-7H,2-4H2,1H3. The maximum Gasteiger partial charge on any atom is 0.167 e. The fourth-order valence-electron chi connectivity index (χ4n) is 0.994. The molecule has 0 spiro atoms. The monoisotopic (exact) mass is 177 g/mol. The molecule has 0 atom stereocenters. The van der Waals surface area contributed by atoms with E-state index in [2.05, 4.69) is 5.10 Å². The van der Waals surface area contributed by atoms with E-state index in [-0.39, 0.29) is 18.6 Å². The molecule has 4 nitrogen and oxygen atoms in total. The van der Waals surface area contributed by atoms with Crippen LogP contribution in [0.4, 0.5) is 0 Å². The molecule has 0 aliphatic rings. The van der Waals surface area contributed by atoms with E-state index in [4.69, 9.17) is 5.26 Å². The molecule has 1 heterocycles. The number of carbonyl (C=O) groups excluding carboxylic acids is 1. The molecule has 0 aliphatic carbocycles. The third-order valence-electron chi connectivity index (χ3n) is 1.74. The smallest absolute Gasteiger partial charge is 0.167 e. The molecule has 0 unspecified atom stereocenters. The number of hydrogen-bond donors (Lipinski definition) is 0. The molecule has 0 aliphatic heterocycles. The van der Waals surface area contributed by atoms with Crippen LogP contribution in [0, 0.1) is 11.3 Å².